The molecule has 7 heteroatoms. The van der Waals surface area contributed by atoms with Crippen molar-refractivity contribution in [3.8, 4) is 0 Å². The Morgan fingerprint density at radius 1 is 1.39 bits per heavy atom. The van der Waals surface area contributed by atoms with Gasteiger partial charge in [0.2, 0.25) is 10.0 Å². The van der Waals surface area contributed by atoms with Crippen LogP contribution in [0.4, 0.5) is 0 Å². The summed E-state index contributed by atoms with van der Waals surface area (Å²) in [7, 11) is -1.83. The van der Waals surface area contributed by atoms with Gasteiger partial charge in [-0.25, -0.2) is 13.1 Å². The molecule has 1 unspecified atom stereocenters. The summed E-state index contributed by atoms with van der Waals surface area (Å²) in [6.07, 6.45) is 4.33. The van der Waals surface area contributed by atoms with Crippen LogP contribution in [0.25, 0.3) is 0 Å². The van der Waals surface area contributed by atoms with E-state index in [1.165, 1.54) is 0 Å². The van der Waals surface area contributed by atoms with Gasteiger partial charge in [-0.1, -0.05) is 12.1 Å². The highest BCUT2D eigenvalue weighted by molar-refractivity contribution is 7.89. The van der Waals surface area contributed by atoms with Gasteiger partial charge >= 0.3 is 0 Å². The zero-order valence-electron chi connectivity index (χ0n) is 13.2. The molecule has 23 heavy (non-hydrogen) atoms. The Bertz CT molecular complexity index is 794. The predicted octanol–water partition coefficient (Wildman–Crippen LogP) is 1.52. The molecule has 1 aliphatic rings. The molecule has 0 aliphatic heterocycles. The minimum atomic E-state index is -3.63. The van der Waals surface area contributed by atoms with Crippen molar-refractivity contribution in [3.63, 3.8) is 0 Å². The van der Waals surface area contributed by atoms with Crippen LogP contribution in [0.15, 0.2) is 41.6 Å². The Morgan fingerprint density at radius 3 is 2.70 bits per heavy atom. The van der Waals surface area contributed by atoms with Gasteiger partial charge in [0.25, 0.3) is 0 Å². The first-order valence-electron chi connectivity index (χ1n) is 7.61. The SMILES string of the molecule is Cc1cccc(S(=O)(=O)NC(c2cnn(C)c2)C2CC(O)C2)c1. The van der Waals surface area contributed by atoms with Crippen LogP contribution in [0.3, 0.4) is 0 Å². The van der Waals surface area contributed by atoms with Gasteiger partial charge in [-0.3, -0.25) is 4.68 Å². The number of hydrogen-bond acceptors (Lipinski definition) is 4. The molecule has 124 valence electrons. The summed E-state index contributed by atoms with van der Waals surface area (Å²) < 4.78 is 29.8. The highest BCUT2D eigenvalue weighted by atomic mass is 32.2. The third-order valence-corrected chi connectivity index (χ3v) is 5.73. The first-order chi connectivity index (χ1) is 10.8. The molecule has 1 fully saturated rings. The van der Waals surface area contributed by atoms with Crippen molar-refractivity contribution < 1.29 is 13.5 Å². The predicted molar refractivity (Wildman–Crippen MR) is 86.2 cm³/mol. The highest BCUT2D eigenvalue weighted by Crippen LogP contribution is 2.38. The van der Waals surface area contributed by atoms with E-state index < -0.39 is 10.0 Å². The van der Waals surface area contributed by atoms with Gasteiger partial charge in [0.05, 0.1) is 23.2 Å². The minimum Gasteiger partial charge on any atom is -0.393 e. The van der Waals surface area contributed by atoms with E-state index in [0.717, 1.165) is 11.1 Å². The summed E-state index contributed by atoms with van der Waals surface area (Å²) in [4.78, 5) is 0.256. The molecule has 1 aliphatic carbocycles. The molecule has 1 aromatic heterocycles. The van der Waals surface area contributed by atoms with Crippen LogP contribution in [0, 0.1) is 12.8 Å². The fourth-order valence-electron chi connectivity index (χ4n) is 2.96. The van der Waals surface area contributed by atoms with Gasteiger partial charge in [-0.2, -0.15) is 5.10 Å². The molecule has 0 spiro atoms. The van der Waals surface area contributed by atoms with Crippen LogP contribution >= 0.6 is 0 Å². The van der Waals surface area contributed by atoms with Crippen molar-refractivity contribution in [3.05, 3.63) is 47.8 Å². The van der Waals surface area contributed by atoms with Gasteiger partial charge in [0.15, 0.2) is 0 Å². The Labute approximate surface area is 136 Å². The van der Waals surface area contributed by atoms with Crippen LogP contribution in [0.5, 0.6) is 0 Å². The maximum atomic E-state index is 12.7. The molecule has 1 saturated carbocycles. The third kappa shape index (κ3) is 3.46. The smallest absolute Gasteiger partial charge is 0.241 e. The molecule has 2 N–H and O–H groups in total. The molecule has 0 radical (unpaired) electrons. The maximum absolute atomic E-state index is 12.7. The van der Waals surface area contributed by atoms with Gasteiger partial charge in [0.1, 0.15) is 0 Å². The normalized spacial score (nSPS) is 22.6. The lowest BCUT2D eigenvalue weighted by molar-refractivity contribution is 0.0280. The van der Waals surface area contributed by atoms with E-state index in [1.54, 1.807) is 36.1 Å². The molecule has 1 atom stereocenters. The number of sulfonamides is 1. The molecule has 6 nitrogen and oxygen atoms in total. The van der Waals surface area contributed by atoms with Crippen LogP contribution in [0.1, 0.15) is 30.0 Å². The summed E-state index contributed by atoms with van der Waals surface area (Å²) >= 11 is 0. The van der Waals surface area contributed by atoms with Gasteiger partial charge in [0, 0.05) is 18.8 Å². The van der Waals surface area contributed by atoms with E-state index in [0.29, 0.717) is 12.8 Å². The van der Waals surface area contributed by atoms with Crippen molar-refractivity contribution in [1.82, 2.24) is 14.5 Å². The summed E-state index contributed by atoms with van der Waals surface area (Å²) in [6, 6.07) is 6.46. The topological polar surface area (TPSA) is 84.2 Å². The van der Waals surface area contributed by atoms with Crippen LogP contribution in [0.2, 0.25) is 0 Å². The number of aliphatic hydroxyl groups is 1. The molecule has 0 bridgehead atoms. The second kappa shape index (κ2) is 6.07. The number of aromatic nitrogens is 2. The molecular formula is C16H21N3O3S. The van der Waals surface area contributed by atoms with Gasteiger partial charge in [-0.15, -0.1) is 0 Å². The monoisotopic (exact) mass is 335 g/mol. The number of aliphatic hydroxyl groups excluding tert-OH is 1. The molecule has 3 rings (SSSR count). The van der Waals surface area contributed by atoms with Crippen molar-refractivity contribution in [2.75, 3.05) is 0 Å². The quantitative estimate of drug-likeness (QED) is 0.868. The summed E-state index contributed by atoms with van der Waals surface area (Å²) in [6.45, 7) is 1.86. The first kappa shape index (κ1) is 16.2. The lowest BCUT2D eigenvalue weighted by Gasteiger charge is -2.37. The van der Waals surface area contributed by atoms with Crippen LogP contribution in [-0.2, 0) is 17.1 Å². The lowest BCUT2D eigenvalue weighted by atomic mass is 9.76. The van der Waals surface area contributed by atoms with Crippen molar-refractivity contribution in [2.45, 2.75) is 36.8 Å². The van der Waals surface area contributed by atoms with E-state index in [2.05, 4.69) is 9.82 Å². The lowest BCUT2D eigenvalue weighted by Crippen LogP contribution is -2.41. The van der Waals surface area contributed by atoms with Crippen LogP contribution < -0.4 is 4.72 Å². The molecule has 2 aromatic rings. The van der Waals surface area contributed by atoms with Crippen molar-refractivity contribution in [2.24, 2.45) is 13.0 Å². The molecule has 0 amide bonds. The van der Waals surface area contributed by atoms with Gasteiger partial charge < -0.3 is 5.11 Å². The Balaban J connectivity index is 1.89. The average Bonchev–Trinajstić information content (AvgIpc) is 2.88. The Morgan fingerprint density at radius 2 is 2.13 bits per heavy atom. The van der Waals surface area contributed by atoms with Crippen molar-refractivity contribution >= 4 is 10.0 Å². The van der Waals surface area contributed by atoms with Crippen LogP contribution in [-0.4, -0.2) is 29.4 Å². The molecule has 1 aromatic carbocycles. The number of benzene rings is 1. The van der Waals surface area contributed by atoms with E-state index >= 15 is 0 Å². The standard InChI is InChI=1S/C16H21N3O3S/c1-11-4-3-5-15(6-11)23(21,22)18-16(12-7-14(20)8-12)13-9-17-19(2)10-13/h3-6,9-10,12,14,16,18,20H,7-8H2,1-2H3. The molecule has 1 heterocycles. The fourth-order valence-corrected chi connectivity index (χ4v) is 4.35. The number of nitrogens with zero attached hydrogens (tertiary/aromatic N) is 2. The summed E-state index contributed by atoms with van der Waals surface area (Å²) in [5.74, 6) is 0.0776. The fraction of sp³-hybridized carbons (Fsp3) is 0.438. The zero-order valence-corrected chi connectivity index (χ0v) is 14.0. The van der Waals surface area contributed by atoms with Crippen molar-refractivity contribution in [1.29, 1.82) is 0 Å². The third-order valence-electron chi connectivity index (χ3n) is 4.29. The number of aryl methyl sites for hydroxylation is 2. The zero-order chi connectivity index (χ0) is 16.6. The first-order valence-corrected chi connectivity index (χ1v) is 9.09. The summed E-state index contributed by atoms with van der Waals surface area (Å²) in [5.41, 5.74) is 1.71. The minimum absolute atomic E-state index is 0.0776. The summed E-state index contributed by atoms with van der Waals surface area (Å²) in [5, 5.41) is 13.7. The average molecular weight is 335 g/mol. The largest absolute Gasteiger partial charge is 0.393 e. The van der Waals surface area contributed by atoms with Gasteiger partial charge in [-0.05, 0) is 43.4 Å². The van der Waals surface area contributed by atoms with E-state index in [9.17, 15) is 13.5 Å². The number of hydrogen-bond donors (Lipinski definition) is 2. The second-order valence-corrected chi connectivity index (χ2v) is 7.96. The van der Waals surface area contributed by atoms with E-state index in [-0.39, 0.29) is 23.0 Å². The highest BCUT2D eigenvalue weighted by Gasteiger charge is 2.37. The molecule has 0 saturated heterocycles. The Hall–Kier alpha value is -1.70. The molecular weight excluding hydrogens is 314 g/mol. The van der Waals surface area contributed by atoms with E-state index in [4.69, 9.17) is 0 Å². The number of rotatable bonds is 5. The number of nitrogens with one attached hydrogen (secondary N) is 1. The Kier molecular flexibility index (Phi) is 4.27. The van der Waals surface area contributed by atoms with E-state index in [1.807, 2.05) is 19.2 Å². The second-order valence-electron chi connectivity index (χ2n) is 6.25. The maximum Gasteiger partial charge on any atom is 0.241 e.